The Morgan fingerprint density at radius 3 is 2.28 bits per heavy atom. The summed E-state index contributed by atoms with van der Waals surface area (Å²) < 4.78 is 38.7. The van der Waals surface area contributed by atoms with Crippen molar-refractivity contribution in [2.24, 2.45) is 5.92 Å². The zero-order valence-electron chi connectivity index (χ0n) is 13.2. The zero-order valence-corrected chi connectivity index (χ0v) is 13.2. The molecule has 0 saturated heterocycles. The second kappa shape index (κ2) is 9.02. The SMILES string of the molecule is CONC(=O)C(CC(=O)N[C@@H](Cc1ccccc1)C(=O)O)C(F)(F)F. The van der Waals surface area contributed by atoms with Gasteiger partial charge >= 0.3 is 12.1 Å². The minimum Gasteiger partial charge on any atom is -0.480 e. The smallest absolute Gasteiger partial charge is 0.401 e. The fraction of sp³-hybridized carbons (Fsp3) is 0.400. The number of halogens is 3. The first-order chi connectivity index (χ1) is 11.6. The molecule has 0 aliphatic carbocycles. The Balaban J connectivity index is 2.78. The molecule has 0 aliphatic heterocycles. The van der Waals surface area contributed by atoms with Crippen LogP contribution in [0.3, 0.4) is 0 Å². The van der Waals surface area contributed by atoms with E-state index >= 15 is 0 Å². The first-order valence-electron chi connectivity index (χ1n) is 7.10. The number of carboxylic acid groups (broad SMARTS) is 1. The summed E-state index contributed by atoms with van der Waals surface area (Å²) in [7, 11) is 0.950. The van der Waals surface area contributed by atoms with Gasteiger partial charge in [0.1, 0.15) is 12.0 Å². The van der Waals surface area contributed by atoms with E-state index in [4.69, 9.17) is 5.11 Å². The summed E-state index contributed by atoms with van der Waals surface area (Å²) in [6.45, 7) is 0. The molecule has 0 aromatic heterocycles. The Morgan fingerprint density at radius 2 is 1.80 bits per heavy atom. The second-order valence-corrected chi connectivity index (χ2v) is 5.12. The normalized spacial score (nSPS) is 13.6. The topological polar surface area (TPSA) is 105 Å². The van der Waals surface area contributed by atoms with E-state index in [0.717, 1.165) is 7.11 Å². The van der Waals surface area contributed by atoms with Crippen LogP contribution in [0.25, 0.3) is 0 Å². The van der Waals surface area contributed by atoms with Crippen molar-refractivity contribution in [3.8, 4) is 0 Å². The van der Waals surface area contributed by atoms with E-state index in [1.165, 1.54) is 5.48 Å². The molecule has 0 radical (unpaired) electrons. The van der Waals surface area contributed by atoms with E-state index in [0.29, 0.717) is 5.56 Å². The van der Waals surface area contributed by atoms with E-state index in [-0.39, 0.29) is 6.42 Å². The van der Waals surface area contributed by atoms with Crippen LogP contribution in [0.4, 0.5) is 13.2 Å². The van der Waals surface area contributed by atoms with Gasteiger partial charge in [-0.3, -0.25) is 14.4 Å². The number of nitrogens with one attached hydrogen (secondary N) is 2. The lowest BCUT2D eigenvalue weighted by atomic mass is 10.0. The molecule has 1 aromatic rings. The van der Waals surface area contributed by atoms with Crippen LogP contribution in [0.15, 0.2) is 30.3 Å². The number of amides is 2. The number of carboxylic acids is 1. The molecular formula is C15H17F3N2O5. The van der Waals surface area contributed by atoms with Crippen molar-refractivity contribution in [1.82, 2.24) is 10.8 Å². The molecule has 2 atom stereocenters. The predicted octanol–water partition coefficient (Wildman–Crippen LogP) is 1.04. The molecule has 1 aromatic carbocycles. The zero-order chi connectivity index (χ0) is 19.0. The van der Waals surface area contributed by atoms with Crippen molar-refractivity contribution in [1.29, 1.82) is 0 Å². The van der Waals surface area contributed by atoms with Crippen molar-refractivity contribution in [3.05, 3.63) is 35.9 Å². The predicted molar refractivity (Wildman–Crippen MR) is 79.0 cm³/mol. The van der Waals surface area contributed by atoms with Gasteiger partial charge in [0.15, 0.2) is 0 Å². The van der Waals surface area contributed by atoms with E-state index < -0.39 is 42.3 Å². The lowest BCUT2D eigenvalue weighted by Gasteiger charge is -2.20. The molecular weight excluding hydrogens is 345 g/mol. The molecule has 0 bridgehead atoms. The molecule has 0 saturated carbocycles. The second-order valence-electron chi connectivity index (χ2n) is 5.12. The maximum Gasteiger partial charge on any atom is 0.401 e. The van der Waals surface area contributed by atoms with E-state index in [1.807, 2.05) is 5.32 Å². The first kappa shape index (κ1) is 20.4. The van der Waals surface area contributed by atoms with Crippen molar-refractivity contribution < 1.29 is 37.5 Å². The Labute approximate surface area is 141 Å². The summed E-state index contributed by atoms with van der Waals surface area (Å²) in [6, 6.07) is 6.84. The molecule has 3 N–H and O–H groups in total. The van der Waals surface area contributed by atoms with Gasteiger partial charge in [0.25, 0.3) is 5.91 Å². The average Bonchev–Trinajstić information content (AvgIpc) is 2.52. The molecule has 10 heteroatoms. The fourth-order valence-corrected chi connectivity index (χ4v) is 2.02. The fourth-order valence-electron chi connectivity index (χ4n) is 2.02. The molecule has 0 heterocycles. The molecule has 1 rings (SSSR count). The van der Waals surface area contributed by atoms with Crippen LogP contribution in [-0.2, 0) is 25.6 Å². The van der Waals surface area contributed by atoms with Crippen LogP contribution < -0.4 is 10.8 Å². The van der Waals surface area contributed by atoms with Gasteiger partial charge in [-0.2, -0.15) is 13.2 Å². The maximum atomic E-state index is 12.9. The van der Waals surface area contributed by atoms with Gasteiger partial charge in [0.2, 0.25) is 5.91 Å². The Bertz CT molecular complexity index is 607. The number of aliphatic carboxylic acids is 1. The summed E-state index contributed by atoms with van der Waals surface area (Å²) in [5, 5.41) is 11.1. The van der Waals surface area contributed by atoms with Gasteiger partial charge < -0.3 is 10.4 Å². The van der Waals surface area contributed by atoms with Crippen molar-refractivity contribution in [2.75, 3.05) is 7.11 Å². The van der Waals surface area contributed by atoms with E-state index in [1.54, 1.807) is 30.3 Å². The number of alkyl halides is 3. The molecule has 138 valence electrons. The Hall–Kier alpha value is -2.62. The maximum absolute atomic E-state index is 12.9. The third-order valence-corrected chi connectivity index (χ3v) is 3.22. The lowest BCUT2D eigenvalue weighted by molar-refractivity contribution is -0.191. The minimum atomic E-state index is -4.99. The minimum absolute atomic E-state index is 0.108. The van der Waals surface area contributed by atoms with Gasteiger partial charge in [-0.15, -0.1) is 0 Å². The summed E-state index contributed by atoms with van der Waals surface area (Å²) in [4.78, 5) is 38.6. The molecule has 0 spiro atoms. The molecule has 7 nitrogen and oxygen atoms in total. The largest absolute Gasteiger partial charge is 0.480 e. The van der Waals surface area contributed by atoms with Crippen LogP contribution in [0.2, 0.25) is 0 Å². The number of hydrogen-bond donors (Lipinski definition) is 3. The van der Waals surface area contributed by atoms with Crippen molar-refractivity contribution >= 4 is 17.8 Å². The number of rotatable bonds is 8. The highest BCUT2D eigenvalue weighted by molar-refractivity contribution is 5.88. The van der Waals surface area contributed by atoms with Gasteiger partial charge in [-0.1, -0.05) is 30.3 Å². The number of hydroxylamine groups is 1. The average molecular weight is 362 g/mol. The Kier molecular flexibility index (Phi) is 7.37. The van der Waals surface area contributed by atoms with Gasteiger partial charge in [-0.25, -0.2) is 10.3 Å². The van der Waals surface area contributed by atoms with Crippen molar-refractivity contribution in [2.45, 2.75) is 25.1 Å². The van der Waals surface area contributed by atoms with Crippen LogP contribution in [0.1, 0.15) is 12.0 Å². The van der Waals surface area contributed by atoms with Crippen LogP contribution >= 0.6 is 0 Å². The summed E-state index contributed by atoms with van der Waals surface area (Å²) in [5.41, 5.74) is 2.10. The standard InChI is InChI=1S/C15H17F3N2O5/c1-25-20-13(22)10(15(16,17)18)8-12(21)19-11(14(23)24)7-9-5-3-2-4-6-9/h2-6,10-11H,7-8H2,1H3,(H,19,21)(H,20,22)(H,23,24)/t10?,11-/m0/s1. The number of carbonyl (C=O) groups is 3. The molecule has 1 unspecified atom stereocenters. The van der Waals surface area contributed by atoms with Gasteiger partial charge in [-0.05, 0) is 5.56 Å². The highest BCUT2D eigenvalue weighted by Crippen LogP contribution is 2.29. The molecule has 0 aliphatic rings. The number of carbonyl (C=O) groups excluding carboxylic acids is 2. The quantitative estimate of drug-likeness (QED) is 0.600. The first-order valence-corrected chi connectivity index (χ1v) is 7.10. The monoisotopic (exact) mass is 362 g/mol. The summed E-state index contributed by atoms with van der Waals surface area (Å²) in [6.07, 6.45) is -6.35. The number of hydrogen-bond acceptors (Lipinski definition) is 4. The van der Waals surface area contributed by atoms with Crippen LogP contribution in [0, 0.1) is 5.92 Å². The van der Waals surface area contributed by atoms with Crippen molar-refractivity contribution in [3.63, 3.8) is 0 Å². The highest BCUT2D eigenvalue weighted by atomic mass is 19.4. The number of benzene rings is 1. The van der Waals surface area contributed by atoms with E-state index in [2.05, 4.69) is 4.84 Å². The van der Waals surface area contributed by atoms with E-state index in [9.17, 15) is 27.6 Å². The molecule has 0 fully saturated rings. The third kappa shape index (κ3) is 6.79. The third-order valence-electron chi connectivity index (χ3n) is 3.22. The van der Waals surface area contributed by atoms with Gasteiger partial charge in [0, 0.05) is 12.8 Å². The lowest BCUT2D eigenvalue weighted by Crippen LogP contribution is -2.46. The van der Waals surface area contributed by atoms with Crippen LogP contribution in [-0.4, -0.2) is 42.2 Å². The van der Waals surface area contributed by atoms with Gasteiger partial charge in [0.05, 0.1) is 7.11 Å². The summed E-state index contributed by atoms with van der Waals surface area (Å²) in [5.74, 6) is -6.81. The Morgan fingerprint density at radius 1 is 1.20 bits per heavy atom. The summed E-state index contributed by atoms with van der Waals surface area (Å²) >= 11 is 0. The molecule has 25 heavy (non-hydrogen) atoms. The van der Waals surface area contributed by atoms with Crippen LogP contribution in [0.5, 0.6) is 0 Å². The molecule has 2 amide bonds. The highest BCUT2D eigenvalue weighted by Gasteiger charge is 2.46.